The van der Waals surface area contributed by atoms with E-state index in [2.05, 4.69) is 72.9 Å². The SMILES string of the molecule is CCCC1/C(=N\O)C(C)C(c2ccccc2)NC1c1ccccc1. The highest BCUT2D eigenvalue weighted by molar-refractivity contribution is 5.90. The van der Waals surface area contributed by atoms with Crippen molar-refractivity contribution >= 4 is 5.71 Å². The van der Waals surface area contributed by atoms with Gasteiger partial charge in [-0.15, -0.1) is 0 Å². The number of nitrogens with zero attached hydrogens (tertiary/aromatic N) is 1. The molecular weight excluding hydrogens is 296 g/mol. The maximum atomic E-state index is 9.75. The zero-order valence-electron chi connectivity index (χ0n) is 14.4. The van der Waals surface area contributed by atoms with Crippen LogP contribution in [0.25, 0.3) is 0 Å². The summed E-state index contributed by atoms with van der Waals surface area (Å²) < 4.78 is 0. The Hall–Kier alpha value is -2.13. The number of piperidine rings is 1. The molecule has 4 atom stereocenters. The first-order chi connectivity index (χ1) is 11.8. The highest BCUT2D eigenvalue weighted by Gasteiger charge is 2.40. The van der Waals surface area contributed by atoms with E-state index in [1.807, 2.05) is 12.1 Å². The first-order valence-electron chi connectivity index (χ1n) is 8.84. The van der Waals surface area contributed by atoms with Crippen LogP contribution in [0.5, 0.6) is 0 Å². The molecule has 1 aliphatic rings. The lowest BCUT2D eigenvalue weighted by Gasteiger charge is -2.42. The first-order valence-corrected chi connectivity index (χ1v) is 8.84. The fourth-order valence-electron chi connectivity index (χ4n) is 3.96. The van der Waals surface area contributed by atoms with Crippen LogP contribution in [0.2, 0.25) is 0 Å². The maximum absolute atomic E-state index is 9.75. The van der Waals surface area contributed by atoms with Crippen molar-refractivity contribution in [3.05, 3.63) is 71.8 Å². The summed E-state index contributed by atoms with van der Waals surface area (Å²) in [7, 11) is 0. The van der Waals surface area contributed by atoms with E-state index in [9.17, 15) is 5.21 Å². The van der Waals surface area contributed by atoms with Crippen LogP contribution in [0.3, 0.4) is 0 Å². The lowest BCUT2D eigenvalue weighted by molar-refractivity contribution is 0.258. The van der Waals surface area contributed by atoms with E-state index in [-0.39, 0.29) is 23.9 Å². The Morgan fingerprint density at radius 3 is 1.96 bits per heavy atom. The number of hydrogen-bond donors (Lipinski definition) is 2. The average molecular weight is 322 g/mol. The Morgan fingerprint density at radius 2 is 1.46 bits per heavy atom. The van der Waals surface area contributed by atoms with Crippen molar-refractivity contribution in [2.75, 3.05) is 0 Å². The minimum Gasteiger partial charge on any atom is -0.411 e. The Balaban J connectivity index is 2.01. The Bertz CT molecular complexity index is 669. The summed E-state index contributed by atoms with van der Waals surface area (Å²) in [4.78, 5) is 0. The Morgan fingerprint density at radius 1 is 0.917 bits per heavy atom. The van der Waals surface area contributed by atoms with Crippen molar-refractivity contribution in [3.63, 3.8) is 0 Å². The van der Waals surface area contributed by atoms with Crippen molar-refractivity contribution in [2.24, 2.45) is 17.0 Å². The number of oxime groups is 1. The van der Waals surface area contributed by atoms with Crippen LogP contribution in [0.15, 0.2) is 65.8 Å². The normalized spacial score (nSPS) is 28.8. The number of nitrogens with one attached hydrogen (secondary N) is 1. The van der Waals surface area contributed by atoms with Crippen molar-refractivity contribution in [1.29, 1.82) is 0 Å². The third kappa shape index (κ3) is 3.22. The highest BCUT2D eigenvalue weighted by atomic mass is 16.4. The van der Waals surface area contributed by atoms with Gasteiger partial charge in [0.1, 0.15) is 0 Å². The van der Waals surface area contributed by atoms with Crippen molar-refractivity contribution in [1.82, 2.24) is 5.32 Å². The molecule has 1 saturated heterocycles. The summed E-state index contributed by atoms with van der Waals surface area (Å²) >= 11 is 0. The molecule has 2 N–H and O–H groups in total. The van der Waals surface area contributed by atoms with Crippen LogP contribution in [0.4, 0.5) is 0 Å². The van der Waals surface area contributed by atoms with E-state index in [1.54, 1.807) is 0 Å². The monoisotopic (exact) mass is 322 g/mol. The molecule has 24 heavy (non-hydrogen) atoms. The molecule has 2 aromatic carbocycles. The van der Waals surface area contributed by atoms with Crippen LogP contribution in [-0.2, 0) is 0 Å². The molecule has 3 heteroatoms. The molecule has 4 unspecified atom stereocenters. The van der Waals surface area contributed by atoms with E-state index in [0.717, 1.165) is 18.6 Å². The highest BCUT2D eigenvalue weighted by Crippen LogP contribution is 2.40. The van der Waals surface area contributed by atoms with Crippen LogP contribution in [0, 0.1) is 11.8 Å². The molecule has 1 fully saturated rings. The van der Waals surface area contributed by atoms with Crippen LogP contribution >= 0.6 is 0 Å². The van der Waals surface area contributed by atoms with E-state index in [0.29, 0.717) is 0 Å². The molecule has 0 radical (unpaired) electrons. The molecule has 3 nitrogen and oxygen atoms in total. The quantitative estimate of drug-likeness (QED) is 0.617. The van der Waals surface area contributed by atoms with Gasteiger partial charge in [-0.25, -0.2) is 0 Å². The minimum absolute atomic E-state index is 0.149. The van der Waals surface area contributed by atoms with E-state index < -0.39 is 0 Å². The topological polar surface area (TPSA) is 44.6 Å². The van der Waals surface area contributed by atoms with E-state index in [4.69, 9.17) is 0 Å². The molecule has 0 saturated carbocycles. The zero-order chi connectivity index (χ0) is 16.9. The third-order valence-electron chi connectivity index (χ3n) is 5.14. The van der Waals surface area contributed by atoms with E-state index >= 15 is 0 Å². The van der Waals surface area contributed by atoms with Gasteiger partial charge in [-0.1, -0.05) is 86.1 Å². The molecule has 0 bridgehead atoms. The molecule has 0 spiro atoms. The average Bonchev–Trinajstić information content (AvgIpc) is 2.64. The smallest absolute Gasteiger partial charge is 0.0667 e. The lowest BCUT2D eigenvalue weighted by Crippen LogP contribution is -2.47. The van der Waals surface area contributed by atoms with Crippen molar-refractivity contribution in [3.8, 4) is 0 Å². The molecule has 126 valence electrons. The van der Waals surface area contributed by atoms with Gasteiger partial charge in [-0.05, 0) is 17.5 Å². The van der Waals surface area contributed by atoms with Gasteiger partial charge in [-0.3, -0.25) is 0 Å². The second kappa shape index (κ2) is 7.63. The third-order valence-corrected chi connectivity index (χ3v) is 5.14. The lowest BCUT2D eigenvalue weighted by atomic mass is 9.73. The molecule has 2 aromatic rings. The van der Waals surface area contributed by atoms with E-state index in [1.165, 1.54) is 11.1 Å². The maximum Gasteiger partial charge on any atom is 0.0667 e. The predicted molar refractivity (Wildman–Crippen MR) is 98.3 cm³/mol. The van der Waals surface area contributed by atoms with Crippen LogP contribution in [0.1, 0.15) is 49.9 Å². The molecule has 0 aromatic heterocycles. The molecular formula is C21H26N2O. The Kier molecular flexibility index (Phi) is 5.31. The molecule has 1 aliphatic heterocycles. The van der Waals surface area contributed by atoms with Gasteiger partial charge in [-0.2, -0.15) is 0 Å². The fourth-order valence-corrected chi connectivity index (χ4v) is 3.96. The molecule has 0 amide bonds. The van der Waals surface area contributed by atoms with Crippen LogP contribution in [-0.4, -0.2) is 10.9 Å². The first kappa shape index (κ1) is 16.7. The van der Waals surface area contributed by atoms with Gasteiger partial charge in [0, 0.05) is 23.9 Å². The van der Waals surface area contributed by atoms with Gasteiger partial charge < -0.3 is 10.5 Å². The van der Waals surface area contributed by atoms with Gasteiger partial charge in [0.2, 0.25) is 0 Å². The number of rotatable bonds is 4. The molecule has 3 rings (SSSR count). The van der Waals surface area contributed by atoms with Crippen molar-refractivity contribution in [2.45, 2.75) is 38.8 Å². The predicted octanol–water partition coefficient (Wildman–Crippen LogP) is 4.95. The zero-order valence-corrected chi connectivity index (χ0v) is 14.4. The summed E-state index contributed by atoms with van der Waals surface area (Å²) in [6.45, 7) is 4.34. The summed E-state index contributed by atoms with van der Waals surface area (Å²) in [6.07, 6.45) is 2.08. The van der Waals surface area contributed by atoms with Gasteiger partial charge in [0.25, 0.3) is 0 Å². The van der Waals surface area contributed by atoms with Crippen molar-refractivity contribution < 1.29 is 5.21 Å². The standard InChI is InChI=1S/C21H26N2O/c1-3-10-18-20(23-24)15(2)19(16-11-6-4-7-12-16)22-21(18)17-13-8-5-9-14-17/h4-9,11-15,18-19,21-22,24H,3,10H2,1-2H3/b23-20-. The second-order valence-electron chi connectivity index (χ2n) is 6.65. The van der Waals surface area contributed by atoms with Gasteiger partial charge in [0.05, 0.1) is 5.71 Å². The van der Waals surface area contributed by atoms with Gasteiger partial charge >= 0.3 is 0 Å². The summed E-state index contributed by atoms with van der Waals surface area (Å²) in [5.41, 5.74) is 3.41. The number of hydrogen-bond acceptors (Lipinski definition) is 3. The summed E-state index contributed by atoms with van der Waals surface area (Å²) in [5.74, 6) is 0.381. The van der Waals surface area contributed by atoms with Gasteiger partial charge in [0.15, 0.2) is 0 Å². The van der Waals surface area contributed by atoms with Crippen LogP contribution < -0.4 is 5.32 Å². The summed E-state index contributed by atoms with van der Waals surface area (Å²) in [6, 6.07) is 21.3. The summed E-state index contributed by atoms with van der Waals surface area (Å²) in [5, 5.41) is 17.3. The largest absolute Gasteiger partial charge is 0.411 e. The minimum atomic E-state index is 0.149. The Labute approximate surface area is 144 Å². The number of benzene rings is 2. The second-order valence-corrected chi connectivity index (χ2v) is 6.65. The fraction of sp³-hybridized carbons (Fsp3) is 0.381. The molecule has 0 aliphatic carbocycles. The molecule has 1 heterocycles.